The van der Waals surface area contributed by atoms with Gasteiger partial charge in [-0.25, -0.2) is 9.97 Å². The van der Waals surface area contributed by atoms with Crippen molar-refractivity contribution in [3.63, 3.8) is 0 Å². The largest absolute Gasteiger partial charge is 0.497 e. The Morgan fingerprint density at radius 1 is 0.633 bits per heavy atom. The minimum absolute atomic E-state index is 0.123. The summed E-state index contributed by atoms with van der Waals surface area (Å²) in [7, 11) is 5.03. The van der Waals surface area contributed by atoms with Gasteiger partial charge in [0, 0.05) is 84.0 Å². The van der Waals surface area contributed by atoms with Gasteiger partial charge in [-0.05, 0) is 163 Å². The molecule has 14 nitrogen and oxygen atoms in total. The number of aromatic amines is 1. The Morgan fingerprint density at radius 3 is 1.90 bits per heavy atom. The average Bonchev–Trinajstić information content (AvgIpc) is 4.38. The second kappa shape index (κ2) is 23.1. The molecule has 13 rings (SSSR count). The lowest BCUT2D eigenvalue weighted by Crippen LogP contribution is -2.52. The Kier molecular flexibility index (Phi) is 15.7. The van der Waals surface area contributed by atoms with Gasteiger partial charge in [-0.3, -0.25) is 20.2 Å². The van der Waals surface area contributed by atoms with Gasteiger partial charge in [0.2, 0.25) is 0 Å². The maximum atomic E-state index is 6.62. The fourth-order valence-electron chi connectivity index (χ4n) is 14.6. The molecule has 2 N–H and O–H groups in total. The fourth-order valence-corrected chi connectivity index (χ4v) is 15.4. The zero-order valence-corrected chi connectivity index (χ0v) is 49.4. The van der Waals surface area contributed by atoms with Crippen LogP contribution in [0.15, 0.2) is 97.3 Å². The van der Waals surface area contributed by atoms with E-state index in [1.165, 1.54) is 77.1 Å². The van der Waals surface area contributed by atoms with Gasteiger partial charge in [0.25, 0.3) is 0 Å². The molecule has 0 radical (unpaired) electrons. The van der Waals surface area contributed by atoms with Crippen molar-refractivity contribution in [2.45, 2.75) is 165 Å². The number of rotatable bonds is 14. The standard InChI is InChI=1S/C39H54N6O2Si.C25H32N6/c1-28-10-9-21-40-37(28)34-12-8-14-36(43(34)24-29-15-19-32(46-3)20-16-29)39-41-33-11-7-13-35(45-30-17-18-31(45)26-42(2)25-30)38(33)44(39)27-47-22-23-48(4,5)6;1-16-6-5-13-26-23(16)19-7-3-9-21(27-19)25-28-20-8-4-10-22(24(20)29-25)31-17-11-12-18(31)15-30(2)14-17/h7,9-11,13,15-16,19-21,30-31,34,36H,8,12,14,17-18,22-27H2,1-6H3;4-6,8,10,13,17-19,21,27H,3,7,9,11-12,14-15H2,1-2H3,(H,28,29)/t30?,31?,34-,36+;17?,18?,19-,21+/m00/s1. The van der Waals surface area contributed by atoms with Gasteiger partial charge in [-0.2, -0.15) is 0 Å². The molecule has 418 valence electrons. The van der Waals surface area contributed by atoms with E-state index < -0.39 is 8.07 Å². The number of H-pyrrole nitrogens is 1. The number of piperazine rings is 2. The molecular weight excluding hydrogens is 997 g/mol. The quantitative estimate of drug-likeness (QED) is 0.0797. The minimum Gasteiger partial charge on any atom is -0.497 e. The summed E-state index contributed by atoms with van der Waals surface area (Å²) in [5.74, 6) is 3.08. The van der Waals surface area contributed by atoms with Gasteiger partial charge in [0.1, 0.15) is 29.6 Å². The Balaban J connectivity index is 0.000000173. The number of likely N-dealkylation sites (N-methyl/N-ethyl adjacent to an activating group) is 2. The van der Waals surface area contributed by atoms with E-state index in [2.05, 4.69) is 171 Å². The van der Waals surface area contributed by atoms with Gasteiger partial charge < -0.3 is 38.6 Å². The summed E-state index contributed by atoms with van der Waals surface area (Å²) in [5.41, 5.74) is 13.4. The van der Waals surface area contributed by atoms with Crippen LogP contribution in [0.5, 0.6) is 5.75 Å². The van der Waals surface area contributed by atoms with Crippen molar-refractivity contribution in [3.8, 4) is 5.75 Å². The van der Waals surface area contributed by atoms with E-state index >= 15 is 0 Å². The highest BCUT2D eigenvalue weighted by Gasteiger charge is 2.43. The molecule has 8 atom stereocenters. The van der Waals surface area contributed by atoms with Crippen molar-refractivity contribution in [1.82, 2.24) is 49.5 Å². The number of piperidine rings is 2. The highest BCUT2D eigenvalue weighted by atomic mass is 28.3. The van der Waals surface area contributed by atoms with Gasteiger partial charge in [0.15, 0.2) is 0 Å². The predicted molar refractivity (Wildman–Crippen MR) is 322 cm³/mol. The molecule has 10 heterocycles. The van der Waals surface area contributed by atoms with E-state index in [0.29, 0.717) is 36.9 Å². The summed E-state index contributed by atoms with van der Waals surface area (Å²) >= 11 is 0. The Labute approximate surface area is 470 Å². The number of aryl methyl sites for hydroxylation is 2. The van der Waals surface area contributed by atoms with Crippen LogP contribution < -0.4 is 19.9 Å². The normalized spacial score (nSPS) is 25.8. The topological polar surface area (TPSA) is 119 Å². The fraction of sp³-hybridized carbons (Fsp3) is 0.531. The minimum atomic E-state index is -1.23. The van der Waals surface area contributed by atoms with Crippen LogP contribution in [0.2, 0.25) is 25.7 Å². The van der Waals surface area contributed by atoms with Crippen LogP contribution in [-0.2, 0) is 18.0 Å². The van der Waals surface area contributed by atoms with E-state index in [1.54, 1.807) is 7.11 Å². The lowest BCUT2D eigenvalue weighted by molar-refractivity contribution is 0.0498. The Bertz CT molecular complexity index is 3180. The van der Waals surface area contributed by atoms with E-state index in [1.807, 2.05) is 18.5 Å². The molecule has 4 bridgehead atoms. The maximum Gasteiger partial charge on any atom is 0.129 e. The molecule has 6 aliphatic rings. The first-order chi connectivity index (χ1) is 38.4. The molecule has 6 aliphatic heterocycles. The van der Waals surface area contributed by atoms with E-state index in [4.69, 9.17) is 24.4 Å². The van der Waals surface area contributed by atoms with Gasteiger partial charge in [0.05, 0.1) is 70.6 Å². The summed E-state index contributed by atoms with van der Waals surface area (Å²) < 4.78 is 14.6. The summed E-state index contributed by atoms with van der Waals surface area (Å²) in [5, 5.41) is 3.85. The zero-order valence-electron chi connectivity index (χ0n) is 48.4. The molecule has 4 unspecified atom stereocenters. The average molecular weight is 1080 g/mol. The van der Waals surface area contributed by atoms with Gasteiger partial charge in [-0.15, -0.1) is 0 Å². The summed E-state index contributed by atoms with van der Waals surface area (Å²) in [4.78, 5) is 37.1. The molecular formula is C64H86N12O2Si. The summed E-state index contributed by atoms with van der Waals surface area (Å²) in [6.45, 7) is 18.3. The third-order valence-electron chi connectivity index (χ3n) is 18.4. The van der Waals surface area contributed by atoms with Gasteiger partial charge >= 0.3 is 0 Å². The monoisotopic (exact) mass is 1080 g/mol. The number of nitrogens with zero attached hydrogens (tertiary/aromatic N) is 10. The second-order valence-electron chi connectivity index (χ2n) is 25.3. The number of hydrogen-bond donors (Lipinski definition) is 2. The number of imidazole rings is 2. The van der Waals surface area contributed by atoms with Crippen LogP contribution in [0.3, 0.4) is 0 Å². The maximum absolute atomic E-state index is 6.62. The molecule has 0 saturated carbocycles. The van der Waals surface area contributed by atoms with Crippen LogP contribution in [0.4, 0.5) is 11.4 Å². The summed E-state index contributed by atoms with van der Waals surface area (Å²) in [6.07, 6.45) is 15.6. The van der Waals surface area contributed by atoms with E-state index in [-0.39, 0.29) is 18.1 Å². The van der Waals surface area contributed by atoms with Crippen molar-refractivity contribution < 1.29 is 9.47 Å². The number of fused-ring (bicyclic) bond motifs is 6. The highest BCUT2D eigenvalue weighted by Crippen LogP contribution is 2.46. The highest BCUT2D eigenvalue weighted by molar-refractivity contribution is 6.76. The van der Waals surface area contributed by atoms with Crippen molar-refractivity contribution in [1.29, 1.82) is 0 Å². The number of nitrogens with one attached hydrogen (secondary N) is 2. The van der Waals surface area contributed by atoms with Crippen LogP contribution in [0, 0.1) is 13.8 Å². The molecule has 4 aromatic heterocycles. The number of anilines is 2. The first-order valence-electron chi connectivity index (χ1n) is 29.8. The third kappa shape index (κ3) is 11.2. The first kappa shape index (κ1) is 53.9. The molecule has 6 fully saturated rings. The van der Waals surface area contributed by atoms with Crippen molar-refractivity contribution in [3.05, 3.63) is 137 Å². The van der Waals surface area contributed by atoms with Crippen LogP contribution >= 0.6 is 0 Å². The zero-order chi connectivity index (χ0) is 54.4. The number of hydrogen-bond acceptors (Lipinski definition) is 12. The molecule has 0 aliphatic carbocycles. The molecule has 79 heavy (non-hydrogen) atoms. The lowest BCUT2D eigenvalue weighted by atomic mass is 9.90. The smallest absolute Gasteiger partial charge is 0.129 e. The number of aromatic nitrogens is 6. The molecule has 0 amide bonds. The number of benzene rings is 3. The molecule has 3 aromatic carbocycles. The number of para-hydroxylation sites is 2. The number of likely N-dealkylation sites (tertiary alicyclic amines) is 3. The predicted octanol–water partition coefficient (Wildman–Crippen LogP) is 11.9. The van der Waals surface area contributed by atoms with Crippen LogP contribution in [0.1, 0.15) is 128 Å². The van der Waals surface area contributed by atoms with Crippen molar-refractivity contribution in [2.24, 2.45) is 0 Å². The SMILES string of the molecule is COc1ccc(CN2[C@@H](c3nc4cccc(N5C6CCC5CN(C)C6)c4n3COCC[Si](C)(C)C)CCC[C@H]2c2ncccc2C)cc1.Cc1cccnc1[C@@H]1CCC[C@H](c2nc3c(N4C5CCC4CN(C)C5)cccc3[nH]2)N1. The molecule has 0 spiro atoms. The van der Waals surface area contributed by atoms with Crippen molar-refractivity contribution >= 4 is 41.5 Å². The molecule has 7 aromatic rings. The van der Waals surface area contributed by atoms with Crippen LogP contribution in [-0.4, -0.2) is 130 Å². The summed E-state index contributed by atoms with van der Waals surface area (Å²) in [6, 6.07) is 34.7. The second-order valence-corrected chi connectivity index (χ2v) is 30.9. The van der Waals surface area contributed by atoms with Crippen molar-refractivity contribution in [2.75, 3.05) is 63.8 Å². The number of pyridine rings is 2. The third-order valence-corrected chi connectivity index (χ3v) is 20.1. The first-order valence-corrected chi connectivity index (χ1v) is 33.5. The molecule has 6 saturated heterocycles. The van der Waals surface area contributed by atoms with E-state index in [9.17, 15) is 0 Å². The number of methoxy groups -OCH3 is 1. The Hall–Kier alpha value is -5.68. The lowest BCUT2D eigenvalue weighted by Gasteiger charge is -2.42. The number of ether oxygens (including phenoxy) is 2. The Morgan fingerprint density at radius 2 is 1.24 bits per heavy atom. The van der Waals surface area contributed by atoms with Crippen LogP contribution in [0.25, 0.3) is 22.1 Å². The van der Waals surface area contributed by atoms with E-state index in [0.717, 1.165) is 111 Å². The van der Waals surface area contributed by atoms with Gasteiger partial charge in [-0.1, -0.05) is 56.0 Å². The molecule has 15 heteroatoms.